The zero-order valence-corrected chi connectivity index (χ0v) is 12.3. The van der Waals surface area contributed by atoms with E-state index < -0.39 is 5.60 Å². The van der Waals surface area contributed by atoms with Crippen LogP contribution in [0, 0.1) is 0 Å². The first-order valence-electron chi connectivity index (χ1n) is 6.59. The average molecular weight is 301 g/mol. The Hall–Kier alpha value is -2.11. The predicted octanol–water partition coefficient (Wildman–Crippen LogP) is 3.13. The number of carbonyl (C=O) groups is 1. The van der Waals surface area contributed by atoms with Crippen LogP contribution in [0.5, 0.6) is 0 Å². The van der Waals surface area contributed by atoms with Crippen LogP contribution in [-0.2, 0) is 5.60 Å². The van der Waals surface area contributed by atoms with Gasteiger partial charge in [-0.15, -0.1) is 11.3 Å². The van der Waals surface area contributed by atoms with Crippen LogP contribution in [0.3, 0.4) is 0 Å². The molecule has 1 unspecified atom stereocenters. The van der Waals surface area contributed by atoms with Crippen molar-refractivity contribution in [2.24, 2.45) is 0 Å². The molecule has 3 aromatic rings. The van der Waals surface area contributed by atoms with Crippen LogP contribution in [0.1, 0.15) is 22.2 Å². The van der Waals surface area contributed by atoms with Crippen molar-refractivity contribution < 1.29 is 14.3 Å². The van der Waals surface area contributed by atoms with Crippen LogP contribution in [0.4, 0.5) is 0 Å². The van der Waals surface area contributed by atoms with Crippen molar-refractivity contribution in [3.63, 3.8) is 0 Å². The largest absolute Gasteiger partial charge is 0.463 e. The number of nitrogens with one attached hydrogen (secondary N) is 1. The molecule has 0 aliphatic carbocycles. The Balaban J connectivity index is 1.75. The van der Waals surface area contributed by atoms with Crippen molar-refractivity contribution in [2.75, 3.05) is 6.54 Å². The maximum atomic E-state index is 12.3. The van der Waals surface area contributed by atoms with Gasteiger partial charge in [0.2, 0.25) is 0 Å². The quantitative estimate of drug-likeness (QED) is 0.778. The molecule has 1 amide bonds. The van der Waals surface area contributed by atoms with E-state index in [1.165, 1.54) is 17.6 Å². The zero-order valence-electron chi connectivity index (χ0n) is 11.5. The van der Waals surface area contributed by atoms with Crippen molar-refractivity contribution in [3.05, 3.63) is 58.5 Å². The molecule has 3 rings (SSSR count). The van der Waals surface area contributed by atoms with Crippen molar-refractivity contribution in [1.82, 2.24) is 5.32 Å². The van der Waals surface area contributed by atoms with Crippen molar-refractivity contribution in [3.8, 4) is 0 Å². The molecule has 0 saturated carbocycles. The van der Waals surface area contributed by atoms with Crippen molar-refractivity contribution >= 4 is 28.2 Å². The molecular weight excluding hydrogens is 286 g/mol. The maximum Gasteiger partial charge on any atom is 0.255 e. The van der Waals surface area contributed by atoms with E-state index in [1.807, 2.05) is 41.8 Å². The molecule has 2 N–H and O–H groups in total. The van der Waals surface area contributed by atoms with E-state index in [2.05, 4.69) is 5.32 Å². The van der Waals surface area contributed by atoms with Crippen LogP contribution in [-0.4, -0.2) is 17.6 Å². The molecule has 0 aliphatic heterocycles. The molecule has 0 saturated heterocycles. The normalized spacial score (nSPS) is 14.0. The Morgan fingerprint density at radius 3 is 2.90 bits per heavy atom. The van der Waals surface area contributed by atoms with E-state index in [9.17, 15) is 9.90 Å². The summed E-state index contributed by atoms with van der Waals surface area (Å²) < 4.78 is 5.35. The first-order valence-corrected chi connectivity index (χ1v) is 7.47. The molecule has 0 spiro atoms. The lowest BCUT2D eigenvalue weighted by atomic mass is 10.0. The van der Waals surface area contributed by atoms with Gasteiger partial charge in [-0.3, -0.25) is 4.79 Å². The molecule has 0 fully saturated rings. The number of amides is 1. The lowest BCUT2D eigenvalue weighted by molar-refractivity contribution is 0.0557. The highest BCUT2D eigenvalue weighted by Crippen LogP contribution is 2.25. The number of benzene rings is 1. The third-order valence-electron chi connectivity index (χ3n) is 3.37. The molecule has 2 aromatic heterocycles. The first-order chi connectivity index (χ1) is 10.1. The fourth-order valence-corrected chi connectivity index (χ4v) is 2.96. The standard InChI is InChI=1S/C16H15NO3S/c1-16(19,14-7-4-8-21-14)10-17-15(18)12-9-20-13-6-3-2-5-11(12)13/h2-9,19H,10H2,1H3,(H,17,18). The van der Waals surface area contributed by atoms with Gasteiger partial charge < -0.3 is 14.8 Å². The third kappa shape index (κ3) is 2.70. The minimum atomic E-state index is -1.08. The number of hydrogen-bond donors (Lipinski definition) is 2. The van der Waals surface area contributed by atoms with Gasteiger partial charge in [-0.1, -0.05) is 24.3 Å². The molecule has 1 atom stereocenters. The summed E-state index contributed by atoms with van der Waals surface area (Å²) in [7, 11) is 0. The number of aliphatic hydroxyl groups is 1. The predicted molar refractivity (Wildman–Crippen MR) is 82.4 cm³/mol. The summed E-state index contributed by atoms with van der Waals surface area (Å²) in [6.07, 6.45) is 1.44. The highest BCUT2D eigenvalue weighted by atomic mass is 32.1. The summed E-state index contributed by atoms with van der Waals surface area (Å²) in [5.74, 6) is -0.253. The van der Waals surface area contributed by atoms with Gasteiger partial charge in [0.05, 0.1) is 12.1 Å². The second kappa shape index (κ2) is 5.35. The Bertz CT molecular complexity index is 759. The highest BCUT2D eigenvalue weighted by Gasteiger charge is 2.25. The summed E-state index contributed by atoms with van der Waals surface area (Å²) in [5, 5.41) is 15.8. The molecule has 0 aliphatic rings. The van der Waals surface area contributed by atoms with Gasteiger partial charge in [0.25, 0.3) is 5.91 Å². The fraction of sp³-hybridized carbons (Fsp3) is 0.188. The lowest BCUT2D eigenvalue weighted by Crippen LogP contribution is -2.38. The molecule has 5 heteroatoms. The average Bonchev–Trinajstić information content (AvgIpc) is 3.14. The summed E-state index contributed by atoms with van der Waals surface area (Å²) in [5.41, 5.74) is 0.0730. The van der Waals surface area contributed by atoms with Gasteiger partial charge >= 0.3 is 0 Å². The monoisotopic (exact) mass is 301 g/mol. The third-order valence-corrected chi connectivity index (χ3v) is 4.49. The molecule has 2 heterocycles. The minimum Gasteiger partial charge on any atom is -0.463 e. The Morgan fingerprint density at radius 1 is 1.33 bits per heavy atom. The van der Waals surface area contributed by atoms with E-state index in [0.717, 1.165) is 10.3 Å². The van der Waals surface area contributed by atoms with Gasteiger partial charge in [0.1, 0.15) is 17.4 Å². The SMILES string of the molecule is CC(O)(CNC(=O)c1coc2ccccc12)c1cccs1. The summed E-state index contributed by atoms with van der Waals surface area (Å²) >= 11 is 1.46. The zero-order chi connectivity index (χ0) is 14.9. The van der Waals surface area contributed by atoms with Crippen LogP contribution in [0.15, 0.2) is 52.5 Å². The smallest absolute Gasteiger partial charge is 0.255 e. The van der Waals surface area contributed by atoms with Gasteiger partial charge in [-0.25, -0.2) is 0 Å². The fourth-order valence-electron chi connectivity index (χ4n) is 2.17. The molecule has 0 bridgehead atoms. The number of carbonyl (C=O) groups excluding carboxylic acids is 1. The van der Waals surface area contributed by atoms with Crippen LogP contribution in [0.25, 0.3) is 11.0 Å². The first kappa shape index (κ1) is 13.9. The summed E-state index contributed by atoms with van der Waals surface area (Å²) in [6, 6.07) is 11.1. The number of rotatable bonds is 4. The van der Waals surface area contributed by atoms with Gasteiger partial charge in [-0.2, -0.15) is 0 Å². The lowest BCUT2D eigenvalue weighted by Gasteiger charge is -2.22. The van der Waals surface area contributed by atoms with E-state index in [1.54, 1.807) is 6.92 Å². The number of hydrogen-bond acceptors (Lipinski definition) is 4. The number of furan rings is 1. The molecular formula is C16H15NO3S. The van der Waals surface area contributed by atoms with Crippen LogP contribution >= 0.6 is 11.3 Å². The number of para-hydroxylation sites is 1. The Labute approximate surface area is 126 Å². The van der Waals surface area contributed by atoms with E-state index in [-0.39, 0.29) is 12.5 Å². The Kier molecular flexibility index (Phi) is 3.53. The molecule has 0 radical (unpaired) electrons. The molecule has 1 aromatic carbocycles. The summed E-state index contributed by atoms with van der Waals surface area (Å²) in [4.78, 5) is 13.1. The second-order valence-corrected chi connectivity index (χ2v) is 6.03. The topological polar surface area (TPSA) is 62.5 Å². The highest BCUT2D eigenvalue weighted by molar-refractivity contribution is 7.10. The Morgan fingerprint density at radius 2 is 2.14 bits per heavy atom. The second-order valence-electron chi connectivity index (χ2n) is 5.08. The molecule has 4 nitrogen and oxygen atoms in total. The van der Waals surface area contributed by atoms with E-state index in [0.29, 0.717) is 11.1 Å². The number of thiophene rings is 1. The summed E-state index contributed by atoms with van der Waals surface area (Å²) in [6.45, 7) is 1.83. The molecule has 21 heavy (non-hydrogen) atoms. The molecule has 108 valence electrons. The van der Waals surface area contributed by atoms with E-state index in [4.69, 9.17) is 4.42 Å². The van der Waals surface area contributed by atoms with E-state index >= 15 is 0 Å². The van der Waals surface area contributed by atoms with Crippen molar-refractivity contribution in [2.45, 2.75) is 12.5 Å². The van der Waals surface area contributed by atoms with Gasteiger partial charge in [0.15, 0.2) is 0 Å². The van der Waals surface area contributed by atoms with Gasteiger partial charge in [-0.05, 0) is 24.4 Å². The van der Waals surface area contributed by atoms with Gasteiger partial charge in [0, 0.05) is 10.3 Å². The van der Waals surface area contributed by atoms with Crippen molar-refractivity contribution in [1.29, 1.82) is 0 Å². The number of fused-ring (bicyclic) bond motifs is 1. The maximum absolute atomic E-state index is 12.3. The minimum absolute atomic E-state index is 0.145. The van der Waals surface area contributed by atoms with Crippen LogP contribution in [0.2, 0.25) is 0 Å². The van der Waals surface area contributed by atoms with Crippen LogP contribution < -0.4 is 5.32 Å².